The van der Waals surface area contributed by atoms with Gasteiger partial charge in [-0.15, -0.1) is 0 Å². The highest BCUT2D eigenvalue weighted by molar-refractivity contribution is 7.92. The van der Waals surface area contributed by atoms with Gasteiger partial charge < -0.3 is 15.0 Å². The smallest absolute Gasteiger partial charge is 0.280 e. The van der Waals surface area contributed by atoms with Gasteiger partial charge in [0, 0.05) is 53.2 Å². The van der Waals surface area contributed by atoms with Gasteiger partial charge in [0.05, 0.1) is 41.6 Å². The van der Waals surface area contributed by atoms with Crippen molar-refractivity contribution >= 4 is 38.8 Å². The SMILES string of the molecule is Cc1cc2cc(n1)-c1cnn(C)c1OCCCC(C)CN1/C(=N/C2=O)Nc2cnc(N=S(C)(C)=O)cc21. The number of anilines is 2. The molecule has 0 spiro atoms. The van der Waals surface area contributed by atoms with Crippen LogP contribution in [0.1, 0.15) is 35.8 Å². The number of aryl methyl sites for hydroxylation is 2. The molecule has 37 heavy (non-hydrogen) atoms. The van der Waals surface area contributed by atoms with Crippen molar-refractivity contribution in [2.45, 2.75) is 26.7 Å². The minimum absolute atomic E-state index is 0.257. The lowest BCUT2D eigenvalue weighted by atomic mass is 10.1. The lowest BCUT2D eigenvalue weighted by Gasteiger charge is -2.23. The molecule has 1 N–H and O–H groups in total. The molecule has 11 nitrogen and oxygen atoms in total. The normalized spacial score (nSPS) is 19.3. The van der Waals surface area contributed by atoms with Gasteiger partial charge in [0.2, 0.25) is 11.8 Å². The molecular formula is C25H30N8O3S. The Morgan fingerprint density at radius 3 is 2.81 bits per heavy atom. The molecule has 3 aromatic heterocycles. The maximum absolute atomic E-state index is 13.4. The number of carbonyl (C=O) groups excluding carboxylic acids is 1. The number of nitrogens with one attached hydrogen (secondary N) is 1. The minimum atomic E-state index is -2.38. The van der Waals surface area contributed by atoms with Crippen molar-refractivity contribution in [2.24, 2.45) is 22.3 Å². The van der Waals surface area contributed by atoms with Crippen molar-refractivity contribution in [1.29, 1.82) is 0 Å². The first-order valence-corrected chi connectivity index (χ1v) is 14.4. The third kappa shape index (κ3) is 5.33. The highest BCUT2D eigenvalue weighted by atomic mass is 32.2. The number of amides is 1. The van der Waals surface area contributed by atoms with Gasteiger partial charge in [-0.3, -0.25) is 9.78 Å². The van der Waals surface area contributed by atoms with Gasteiger partial charge in [0.1, 0.15) is 0 Å². The molecule has 5 rings (SSSR count). The van der Waals surface area contributed by atoms with Crippen LogP contribution >= 0.6 is 0 Å². The summed E-state index contributed by atoms with van der Waals surface area (Å²) in [5.41, 5.74) is 3.94. The molecule has 5 heterocycles. The van der Waals surface area contributed by atoms with E-state index in [0.717, 1.165) is 24.1 Å². The van der Waals surface area contributed by atoms with E-state index < -0.39 is 15.6 Å². The molecule has 1 amide bonds. The molecule has 2 bridgehead atoms. The number of hydrogen-bond donors (Lipinski definition) is 1. The fourth-order valence-corrected chi connectivity index (χ4v) is 5.02. The largest absolute Gasteiger partial charge is 0.477 e. The number of rotatable bonds is 1. The van der Waals surface area contributed by atoms with E-state index >= 15 is 0 Å². The highest BCUT2D eigenvalue weighted by Gasteiger charge is 2.29. The molecule has 0 radical (unpaired) electrons. The molecule has 0 saturated heterocycles. The topological polar surface area (TPSA) is 127 Å². The van der Waals surface area contributed by atoms with Crippen molar-refractivity contribution < 1.29 is 13.7 Å². The third-order valence-corrected chi connectivity index (χ3v) is 6.74. The first kappa shape index (κ1) is 24.9. The average molecular weight is 523 g/mol. The quantitative estimate of drug-likeness (QED) is 0.512. The van der Waals surface area contributed by atoms with Gasteiger partial charge in [-0.1, -0.05) is 6.92 Å². The van der Waals surface area contributed by atoms with Crippen LogP contribution in [0.4, 0.5) is 17.2 Å². The lowest BCUT2D eigenvalue weighted by molar-refractivity contribution is 0.100. The molecule has 2 aliphatic rings. The molecule has 0 aromatic carbocycles. The predicted octanol–water partition coefficient (Wildman–Crippen LogP) is 3.78. The lowest BCUT2D eigenvalue weighted by Crippen LogP contribution is -2.35. The summed E-state index contributed by atoms with van der Waals surface area (Å²) in [6.07, 6.45) is 8.21. The first-order chi connectivity index (χ1) is 17.6. The van der Waals surface area contributed by atoms with E-state index in [9.17, 15) is 9.00 Å². The van der Waals surface area contributed by atoms with E-state index in [0.29, 0.717) is 53.4 Å². The molecule has 0 saturated carbocycles. The summed E-state index contributed by atoms with van der Waals surface area (Å²) in [5, 5.41) is 7.58. The Bertz CT molecular complexity index is 1530. The summed E-state index contributed by atoms with van der Waals surface area (Å²) in [5.74, 6) is 1.27. The van der Waals surface area contributed by atoms with E-state index in [4.69, 9.17) is 4.74 Å². The number of pyridine rings is 2. The third-order valence-electron chi connectivity index (χ3n) is 6.12. The van der Waals surface area contributed by atoms with Gasteiger partial charge in [0.15, 0.2) is 5.82 Å². The van der Waals surface area contributed by atoms with Crippen molar-refractivity contribution in [3.05, 3.63) is 41.9 Å². The zero-order chi connectivity index (χ0) is 26.3. The van der Waals surface area contributed by atoms with Crippen LogP contribution in [0, 0.1) is 12.8 Å². The maximum Gasteiger partial charge on any atom is 0.280 e. The molecule has 2 aliphatic heterocycles. The summed E-state index contributed by atoms with van der Waals surface area (Å²) in [7, 11) is -0.553. The van der Waals surface area contributed by atoms with Gasteiger partial charge >= 0.3 is 0 Å². The molecule has 1 unspecified atom stereocenters. The molecule has 3 aromatic rings. The maximum atomic E-state index is 13.4. The Balaban J connectivity index is 1.59. The van der Waals surface area contributed by atoms with Crippen molar-refractivity contribution in [1.82, 2.24) is 19.7 Å². The number of carbonyl (C=O) groups is 1. The van der Waals surface area contributed by atoms with Gasteiger partial charge in [-0.25, -0.2) is 13.9 Å². The number of fused-ring (bicyclic) bond motifs is 7. The van der Waals surface area contributed by atoms with Crippen LogP contribution in [0.25, 0.3) is 11.3 Å². The Kier molecular flexibility index (Phi) is 6.44. The standard InChI is InChI=1S/C25H30N8O3S/c1-15-7-6-8-36-24-18(12-27-32(24)3)19-10-17(9-16(2)28-19)23(34)30-25-29-20-13-26-22(31-37(4,5)35)11-21(20)33(25)14-15/h9-13,15H,6-8,14H2,1-5H3,(H,29,30,34). The highest BCUT2D eigenvalue weighted by Crippen LogP contribution is 2.36. The molecule has 0 aliphatic carbocycles. The second-order valence-corrected chi connectivity index (χ2v) is 12.3. The molecule has 0 fully saturated rings. The van der Waals surface area contributed by atoms with Crippen LogP contribution in [0.15, 0.2) is 39.9 Å². The first-order valence-electron chi connectivity index (χ1n) is 12.1. The minimum Gasteiger partial charge on any atom is -0.477 e. The predicted molar refractivity (Wildman–Crippen MR) is 144 cm³/mol. The van der Waals surface area contributed by atoms with E-state index in [1.807, 2.05) is 18.9 Å². The fraction of sp³-hybridized carbons (Fsp3) is 0.400. The number of aliphatic imine (C=N–C) groups is 1. The number of guanidine groups is 1. The summed E-state index contributed by atoms with van der Waals surface area (Å²) in [6.45, 7) is 5.13. The average Bonchev–Trinajstić information content (AvgIpc) is 3.34. The van der Waals surface area contributed by atoms with E-state index in [2.05, 4.69) is 36.7 Å². The molecular weight excluding hydrogens is 492 g/mol. The summed E-state index contributed by atoms with van der Waals surface area (Å²) >= 11 is 0. The Morgan fingerprint density at radius 1 is 1.22 bits per heavy atom. The van der Waals surface area contributed by atoms with Crippen LogP contribution in [0.3, 0.4) is 0 Å². The van der Waals surface area contributed by atoms with Gasteiger partial charge in [-0.05, 0) is 37.8 Å². The van der Waals surface area contributed by atoms with Crippen LogP contribution < -0.4 is 15.0 Å². The second-order valence-electron chi connectivity index (χ2n) is 9.77. The number of aromatic nitrogens is 4. The van der Waals surface area contributed by atoms with Crippen molar-refractivity contribution in [3.8, 4) is 17.1 Å². The monoisotopic (exact) mass is 522 g/mol. The summed E-state index contributed by atoms with van der Waals surface area (Å²) in [4.78, 5) is 28.8. The van der Waals surface area contributed by atoms with Crippen LogP contribution in [-0.2, 0) is 16.8 Å². The number of ether oxygens (including phenoxy) is 1. The Labute approximate surface area is 216 Å². The van der Waals surface area contributed by atoms with E-state index in [1.165, 1.54) is 0 Å². The molecule has 1 atom stereocenters. The Hall–Kier alpha value is -3.80. The zero-order valence-corrected chi connectivity index (χ0v) is 22.4. The second kappa shape index (κ2) is 9.58. The number of hydrogen-bond acceptors (Lipinski definition) is 9. The van der Waals surface area contributed by atoms with E-state index in [1.54, 1.807) is 47.8 Å². The van der Waals surface area contributed by atoms with Crippen LogP contribution in [-0.4, -0.2) is 61.5 Å². The zero-order valence-electron chi connectivity index (χ0n) is 21.6. The molecule has 194 valence electrons. The van der Waals surface area contributed by atoms with Crippen LogP contribution in [0.2, 0.25) is 0 Å². The Morgan fingerprint density at radius 2 is 2.03 bits per heavy atom. The van der Waals surface area contributed by atoms with E-state index in [-0.39, 0.29) is 5.92 Å². The molecule has 12 heteroatoms. The summed E-state index contributed by atoms with van der Waals surface area (Å²) < 4.78 is 24.3. The van der Waals surface area contributed by atoms with Gasteiger partial charge in [-0.2, -0.15) is 14.5 Å². The van der Waals surface area contributed by atoms with Crippen molar-refractivity contribution in [2.75, 3.05) is 35.9 Å². The number of nitrogens with zero attached hydrogens (tertiary/aromatic N) is 7. The van der Waals surface area contributed by atoms with Gasteiger partial charge in [0.25, 0.3) is 5.91 Å². The van der Waals surface area contributed by atoms with Crippen molar-refractivity contribution in [3.63, 3.8) is 0 Å². The fourth-order valence-electron chi connectivity index (χ4n) is 4.47. The van der Waals surface area contributed by atoms with Crippen LogP contribution in [0.5, 0.6) is 5.88 Å². The summed E-state index contributed by atoms with van der Waals surface area (Å²) in [6, 6.07) is 5.22.